The quantitative estimate of drug-likeness (QED) is 0.303. The Balaban J connectivity index is 1.74. The average molecular weight is 390 g/mol. The van der Waals surface area contributed by atoms with Crippen LogP contribution in [0.25, 0.3) is 21.5 Å². The van der Waals surface area contributed by atoms with E-state index in [2.05, 4.69) is 0 Å². The van der Waals surface area contributed by atoms with E-state index < -0.39 is 11.9 Å². The van der Waals surface area contributed by atoms with E-state index >= 15 is 0 Å². The molecule has 29 heavy (non-hydrogen) atoms. The Kier molecular flexibility index (Phi) is 4.20. The number of rotatable bonds is 2. The normalized spacial score (nSPS) is 10.9. The van der Waals surface area contributed by atoms with E-state index in [0.29, 0.717) is 21.5 Å². The van der Waals surface area contributed by atoms with E-state index in [1.54, 1.807) is 0 Å². The van der Waals surface area contributed by atoms with Crippen LogP contribution < -0.4 is 0 Å². The summed E-state index contributed by atoms with van der Waals surface area (Å²) in [6, 6.07) is 13.5. The van der Waals surface area contributed by atoms with Crippen molar-refractivity contribution in [3.8, 4) is 23.0 Å². The number of phenols is 4. The van der Waals surface area contributed by atoms with Crippen molar-refractivity contribution in [3.63, 3.8) is 0 Å². The number of ether oxygens (including phenoxy) is 1. The molecule has 0 spiro atoms. The predicted octanol–water partition coefficient (Wildman–Crippen LogP) is 3.81. The molecule has 0 amide bonds. The van der Waals surface area contributed by atoms with Crippen LogP contribution in [-0.2, 0) is 4.74 Å². The van der Waals surface area contributed by atoms with Gasteiger partial charge in [0.05, 0.1) is 11.1 Å². The summed E-state index contributed by atoms with van der Waals surface area (Å²) < 4.78 is 4.98. The zero-order valence-corrected chi connectivity index (χ0v) is 14.8. The second-order valence-corrected chi connectivity index (χ2v) is 6.47. The zero-order valence-electron chi connectivity index (χ0n) is 14.8. The molecule has 4 aromatic carbocycles. The lowest BCUT2D eigenvalue weighted by Crippen LogP contribution is -2.13. The van der Waals surface area contributed by atoms with E-state index in [4.69, 9.17) is 4.74 Å². The maximum atomic E-state index is 12.6. The molecule has 7 nitrogen and oxygen atoms in total. The summed E-state index contributed by atoms with van der Waals surface area (Å²) in [6.07, 6.45) is 0. The summed E-state index contributed by atoms with van der Waals surface area (Å²) in [4.78, 5) is 25.3. The standard InChI is InChI=1S/C22H14O7/c23-13-1-3-17-11(5-13)7-15(25)9-19(17)21(27)29-22(28)20-10-16(26)8-12-6-14(24)2-4-18(12)20/h1-10,23-26H. The minimum Gasteiger partial charge on any atom is -0.508 e. The van der Waals surface area contributed by atoms with Crippen molar-refractivity contribution < 1.29 is 34.8 Å². The number of hydrogen-bond acceptors (Lipinski definition) is 7. The first-order valence-corrected chi connectivity index (χ1v) is 8.50. The Hall–Kier alpha value is -4.26. The lowest BCUT2D eigenvalue weighted by atomic mass is 10.0. The molecule has 0 atom stereocenters. The number of fused-ring (bicyclic) bond motifs is 2. The molecule has 0 heterocycles. The Morgan fingerprint density at radius 2 is 0.931 bits per heavy atom. The van der Waals surface area contributed by atoms with Gasteiger partial charge < -0.3 is 25.2 Å². The molecular formula is C22H14O7. The number of benzene rings is 4. The number of carbonyl (C=O) groups excluding carboxylic acids is 2. The molecule has 0 aliphatic rings. The van der Waals surface area contributed by atoms with Gasteiger partial charge in [0.1, 0.15) is 23.0 Å². The van der Waals surface area contributed by atoms with Gasteiger partial charge in [-0.15, -0.1) is 0 Å². The van der Waals surface area contributed by atoms with Gasteiger partial charge >= 0.3 is 11.9 Å². The van der Waals surface area contributed by atoms with Gasteiger partial charge in [-0.05, 0) is 82.2 Å². The van der Waals surface area contributed by atoms with Crippen LogP contribution in [0.2, 0.25) is 0 Å². The Bertz CT molecular complexity index is 1200. The summed E-state index contributed by atoms with van der Waals surface area (Å²) in [5.41, 5.74) is -0.120. The molecule has 0 aromatic heterocycles. The third kappa shape index (κ3) is 3.37. The van der Waals surface area contributed by atoms with Gasteiger partial charge in [-0.1, -0.05) is 0 Å². The molecule has 0 aliphatic heterocycles. The van der Waals surface area contributed by atoms with Gasteiger partial charge in [-0.3, -0.25) is 0 Å². The van der Waals surface area contributed by atoms with Gasteiger partial charge in [0.2, 0.25) is 0 Å². The number of phenolic OH excluding ortho intramolecular Hbond substituents is 4. The van der Waals surface area contributed by atoms with Gasteiger partial charge in [-0.2, -0.15) is 0 Å². The maximum absolute atomic E-state index is 12.6. The molecule has 0 bridgehead atoms. The van der Waals surface area contributed by atoms with E-state index in [9.17, 15) is 30.0 Å². The van der Waals surface area contributed by atoms with E-state index in [1.165, 1.54) is 48.5 Å². The van der Waals surface area contributed by atoms with Gasteiger partial charge in [0, 0.05) is 0 Å². The topological polar surface area (TPSA) is 124 Å². The minimum atomic E-state index is -1.00. The Morgan fingerprint density at radius 3 is 1.34 bits per heavy atom. The van der Waals surface area contributed by atoms with Crippen LogP contribution in [0.3, 0.4) is 0 Å². The van der Waals surface area contributed by atoms with Crippen molar-refractivity contribution >= 4 is 33.5 Å². The number of esters is 2. The lowest BCUT2D eigenvalue weighted by molar-refractivity contribution is 0.0400. The number of carbonyl (C=O) groups is 2. The molecule has 0 fully saturated rings. The SMILES string of the molecule is O=C(OC(=O)c1cc(O)cc2cc(O)ccc12)c1cc(O)cc2cc(O)ccc12. The highest BCUT2D eigenvalue weighted by Crippen LogP contribution is 2.30. The van der Waals surface area contributed by atoms with Crippen LogP contribution in [0.4, 0.5) is 0 Å². The zero-order chi connectivity index (χ0) is 20.7. The van der Waals surface area contributed by atoms with Gasteiger partial charge in [0.25, 0.3) is 0 Å². The van der Waals surface area contributed by atoms with Gasteiger partial charge in [0.15, 0.2) is 0 Å². The highest BCUT2D eigenvalue weighted by molar-refractivity contribution is 6.13. The van der Waals surface area contributed by atoms with E-state index in [-0.39, 0.29) is 34.1 Å². The van der Waals surface area contributed by atoms with Crippen LogP contribution >= 0.6 is 0 Å². The van der Waals surface area contributed by atoms with Crippen molar-refractivity contribution in [2.75, 3.05) is 0 Å². The Labute approximate surface area is 163 Å². The van der Waals surface area contributed by atoms with E-state index in [1.807, 2.05) is 0 Å². The fourth-order valence-electron chi connectivity index (χ4n) is 3.21. The van der Waals surface area contributed by atoms with Crippen molar-refractivity contribution in [3.05, 3.63) is 71.8 Å². The fourth-order valence-corrected chi connectivity index (χ4v) is 3.21. The molecule has 4 N–H and O–H groups in total. The summed E-state index contributed by atoms with van der Waals surface area (Å²) in [5.74, 6) is -2.57. The molecule has 0 aliphatic carbocycles. The fraction of sp³-hybridized carbons (Fsp3) is 0. The molecule has 144 valence electrons. The third-order valence-electron chi connectivity index (χ3n) is 4.47. The van der Waals surface area contributed by atoms with Crippen LogP contribution in [0.5, 0.6) is 23.0 Å². The molecule has 4 aromatic rings. The number of hydrogen-bond donors (Lipinski definition) is 4. The Morgan fingerprint density at radius 1 is 0.552 bits per heavy atom. The molecule has 7 heteroatoms. The van der Waals surface area contributed by atoms with Crippen molar-refractivity contribution in [1.82, 2.24) is 0 Å². The first-order chi connectivity index (χ1) is 13.8. The molecule has 4 rings (SSSR count). The third-order valence-corrected chi connectivity index (χ3v) is 4.47. The van der Waals surface area contributed by atoms with Crippen molar-refractivity contribution in [1.29, 1.82) is 0 Å². The first kappa shape index (κ1) is 18.1. The monoisotopic (exact) mass is 390 g/mol. The van der Waals surface area contributed by atoms with Gasteiger partial charge in [-0.25, -0.2) is 9.59 Å². The molecule has 0 radical (unpaired) electrons. The number of aromatic hydroxyl groups is 4. The second kappa shape index (κ2) is 6.72. The molecular weight excluding hydrogens is 376 g/mol. The molecule has 0 saturated carbocycles. The molecule has 0 unspecified atom stereocenters. The maximum Gasteiger partial charge on any atom is 0.346 e. The lowest BCUT2D eigenvalue weighted by Gasteiger charge is -2.10. The summed E-state index contributed by atoms with van der Waals surface area (Å²) in [5, 5.41) is 40.5. The van der Waals surface area contributed by atoms with E-state index in [0.717, 1.165) is 12.1 Å². The summed E-state index contributed by atoms with van der Waals surface area (Å²) in [7, 11) is 0. The van der Waals surface area contributed by atoms with Crippen LogP contribution in [0.1, 0.15) is 20.7 Å². The first-order valence-electron chi connectivity index (χ1n) is 8.50. The minimum absolute atomic E-state index is 0.0482. The summed E-state index contributed by atoms with van der Waals surface area (Å²) >= 11 is 0. The van der Waals surface area contributed by atoms with Crippen LogP contribution in [0.15, 0.2) is 60.7 Å². The highest BCUT2D eigenvalue weighted by Gasteiger charge is 2.21. The second-order valence-electron chi connectivity index (χ2n) is 6.47. The molecule has 0 saturated heterocycles. The predicted molar refractivity (Wildman–Crippen MR) is 104 cm³/mol. The van der Waals surface area contributed by atoms with Crippen LogP contribution in [-0.4, -0.2) is 32.4 Å². The van der Waals surface area contributed by atoms with Crippen molar-refractivity contribution in [2.24, 2.45) is 0 Å². The van der Waals surface area contributed by atoms with Crippen molar-refractivity contribution in [2.45, 2.75) is 0 Å². The van der Waals surface area contributed by atoms with Crippen LogP contribution in [0, 0.1) is 0 Å². The summed E-state index contributed by atoms with van der Waals surface area (Å²) in [6.45, 7) is 0. The average Bonchev–Trinajstić information content (AvgIpc) is 2.65. The smallest absolute Gasteiger partial charge is 0.346 e. The largest absolute Gasteiger partial charge is 0.508 e. The highest BCUT2D eigenvalue weighted by atomic mass is 16.6.